The number of aliphatic imine (C=N–C) groups is 1. The summed E-state index contributed by atoms with van der Waals surface area (Å²) >= 11 is 0. The minimum absolute atomic E-state index is 0. The second kappa shape index (κ2) is 14.8. The van der Waals surface area contributed by atoms with Crippen molar-refractivity contribution in [1.29, 1.82) is 0 Å². The third-order valence-electron chi connectivity index (χ3n) is 5.22. The molecule has 160 valence electrons. The van der Waals surface area contributed by atoms with Gasteiger partial charge in [-0.15, -0.1) is 24.0 Å². The molecule has 0 aliphatic carbocycles. The first-order valence-electron chi connectivity index (χ1n) is 10.6. The van der Waals surface area contributed by atoms with E-state index in [2.05, 4.69) is 36.3 Å². The number of halogens is 1. The predicted octanol–water partition coefficient (Wildman–Crippen LogP) is 2.87. The molecule has 2 aliphatic heterocycles. The molecule has 2 atom stereocenters. The number of nitrogens with one attached hydrogen (secondary N) is 2. The summed E-state index contributed by atoms with van der Waals surface area (Å²) in [6, 6.07) is 0.641. The molecule has 2 heterocycles. The van der Waals surface area contributed by atoms with Gasteiger partial charge in [-0.1, -0.05) is 0 Å². The first-order chi connectivity index (χ1) is 12.7. The Balaban J connectivity index is 0.00000364. The van der Waals surface area contributed by atoms with E-state index in [0.717, 1.165) is 58.3 Å². The maximum Gasteiger partial charge on any atom is 0.191 e. The minimum Gasteiger partial charge on any atom is -0.379 e. The van der Waals surface area contributed by atoms with E-state index in [1.807, 2.05) is 0 Å². The number of likely N-dealkylation sites (tertiary alicyclic amines) is 1. The molecule has 0 amide bonds. The Morgan fingerprint density at radius 3 is 2.81 bits per heavy atom. The Kier molecular flexibility index (Phi) is 13.7. The molecule has 0 spiro atoms. The van der Waals surface area contributed by atoms with Gasteiger partial charge in [0, 0.05) is 45.4 Å². The van der Waals surface area contributed by atoms with Crippen LogP contribution in [0.4, 0.5) is 0 Å². The molecule has 2 N–H and O–H groups in total. The van der Waals surface area contributed by atoms with Crippen molar-refractivity contribution in [3.8, 4) is 0 Å². The highest BCUT2D eigenvalue weighted by molar-refractivity contribution is 14.0. The molecule has 0 aromatic heterocycles. The molecule has 0 aromatic carbocycles. The zero-order valence-corrected chi connectivity index (χ0v) is 19.9. The average molecular weight is 496 g/mol. The molecule has 27 heavy (non-hydrogen) atoms. The van der Waals surface area contributed by atoms with E-state index in [4.69, 9.17) is 14.5 Å². The van der Waals surface area contributed by atoms with Crippen molar-refractivity contribution in [2.24, 2.45) is 10.9 Å². The fourth-order valence-corrected chi connectivity index (χ4v) is 3.65. The summed E-state index contributed by atoms with van der Waals surface area (Å²) in [5.41, 5.74) is 0. The van der Waals surface area contributed by atoms with Crippen molar-refractivity contribution in [3.05, 3.63) is 0 Å². The van der Waals surface area contributed by atoms with E-state index in [1.54, 1.807) is 0 Å². The number of guanidine groups is 1. The summed E-state index contributed by atoms with van der Waals surface area (Å²) in [7, 11) is 0. The van der Waals surface area contributed by atoms with E-state index in [1.165, 1.54) is 32.4 Å². The van der Waals surface area contributed by atoms with Crippen LogP contribution in [0.2, 0.25) is 0 Å². The standard InChI is InChI=1S/C20H40N4O2.HI/c1-4-21-20(22-10-7-12-25-16-19-9-6-13-26-19)23-14-18-8-5-11-24(15-18)17(2)3;/h17-19H,4-16H2,1-3H3,(H2,21,22,23);1H. The van der Waals surface area contributed by atoms with E-state index in [9.17, 15) is 0 Å². The molecule has 0 radical (unpaired) electrons. The number of hydrogen-bond donors (Lipinski definition) is 2. The summed E-state index contributed by atoms with van der Waals surface area (Å²) in [5.74, 6) is 1.62. The van der Waals surface area contributed by atoms with Crippen LogP contribution in [0.25, 0.3) is 0 Å². The van der Waals surface area contributed by atoms with Crippen LogP contribution in [0, 0.1) is 5.92 Å². The van der Waals surface area contributed by atoms with Gasteiger partial charge in [0.25, 0.3) is 0 Å². The van der Waals surface area contributed by atoms with Gasteiger partial charge in [-0.2, -0.15) is 0 Å². The lowest BCUT2D eigenvalue weighted by Gasteiger charge is -2.34. The second-order valence-electron chi connectivity index (χ2n) is 7.81. The normalized spacial score (nSPS) is 24.1. The monoisotopic (exact) mass is 496 g/mol. The van der Waals surface area contributed by atoms with Gasteiger partial charge in [-0.25, -0.2) is 0 Å². The fraction of sp³-hybridized carbons (Fsp3) is 0.950. The molecule has 2 unspecified atom stereocenters. The first-order valence-corrected chi connectivity index (χ1v) is 10.6. The fourth-order valence-electron chi connectivity index (χ4n) is 3.65. The summed E-state index contributed by atoms with van der Waals surface area (Å²) in [6.45, 7) is 14.2. The minimum atomic E-state index is 0. The van der Waals surface area contributed by atoms with Gasteiger partial charge in [-0.05, 0) is 65.3 Å². The van der Waals surface area contributed by atoms with Gasteiger partial charge in [0.2, 0.25) is 0 Å². The van der Waals surface area contributed by atoms with Crippen LogP contribution in [0.5, 0.6) is 0 Å². The molecular weight excluding hydrogens is 455 g/mol. The number of nitrogens with zero attached hydrogens (tertiary/aromatic N) is 2. The molecule has 2 rings (SSSR count). The van der Waals surface area contributed by atoms with Gasteiger partial charge >= 0.3 is 0 Å². The average Bonchev–Trinajstić information content (AvgIpc) is 3.16. The van der Waals surface area contributed by atoms with E-state index in [-0.39, 0.29) is 24.0 Å². The molecular formula is C20H41IN4O2. The first kappa shape index (κ1) is 24.9. The van der Waals surface area contributed by atoms with Crippen molar-refractivity contribution in [3.63, 3.8) is 0 Å². The van der Waals surface area contributed by atoms with E-state index in [0.29, 0.717) is 18.1 Å². The molecule has 2 fully saturated rings. The highest BCUT2D eigenvalue weighted by atomic mass is 127. The quantitative estimate of drug-likeness (QED) is 0.211. The van der Waals surface area contributed by atoms with Gasteiger partial charge < -0.3 is 25.0 Å². The Labute approximate surface area is 183 Å². The molecule has 6 nitrogen and oxygen atoms in total. The Bertz CT molecular complexity index is 403. The van der Waals surface area contributed by atoms with Crippen LogP contribution in [0.3, 0.4) is 0 Å². The lowest BCUT2D eigenvalue weighted by Crippen LogP contribution is -2.42. The highest BCUT2D eigenvalue weighted by Gasteiger charge is 2.21. The number of ether oxygens (including phenoxy) is 2. The zero-order valence-electron chi connectivity index (χ0n) is 17.5. The van der Waals surface area contributed by atoms with Crippen LogP contribution in [-0.2, 0) is 9.47 Å². The molecule has 0 aromatic rings. The third kappa shape index (κ3) is 10.3. The number of hydrogen-bond acceptors (Lipinski definition) is 4. The van der Waals surface area contributed by atoms with Crippen LogP contribution in [0.1, 0.15) is 52.9 Å². The van der Waals surface area contributed by atoms with Crippen molar-refractivity contribution in [1.82, 2.24) is 15.5 Å². The number of piperidine rings is 1. The molecule has 2 aliphatic rings. The van der Waals surface area contributed by atoms with Crippen LogP contribution in [-0.4, -0.2) is 75.5 Å². The van der Waals surface area contributed by atoms with Crippen molar-refractivity contribution < 1.29 is 9.47 Å². The van der Waals surface area contributed by atoms with Gasteiger partial charge in [0.05, 0.1) is 12.7 Å². The SMILES string of the molecule is CCNC(=NCC1CCCN(C(C)C)C1)NCCCOCC1CCCO1.I. The second-order valence-corrected chi connectivity index (χ2v) is 7.81. The summed E-state index contributed by atoms with van der Waals surface area (Å²) in [6.07, 6.45) is 6.22. The predicted molar refractivity (Wildman–Crippen MR) is 123 cm³/mol. The smallest absolute Gasteiger partial charge is 0.191 e. The summed E-state index contributed by atoms with van der Waals surface area (Å²) in [4.78, 5) is 7.40. The third-order valence-corrected chi connectivity index (χ3v) is 5.22. The van der Waals surface area contributed by atoms with Crippen LogP contribution < -0.4 is 10.6 Å². The molecule has 2 saturated heterocycles. The lowest BCUT2D eigenvalue weighted by atomic mass is 9.97. The molecule has 0 bridgehead atoms. The topological polar surface area (TPSA) is 58.1 Å². The van der Waals surface area contributed by atoms with Crippen LogP contribution >= 0.6 is 24.0 Å². The van der Waals surface area contributed by atoms with E-state index >= 15 is 0 Å². The van der Waals surface area contributed by atoms with Gasteiger partial charge in [0.1, 0.15) is 0 Å². The van der Waals surface area contributed by atoms with Crippen molar-refractivity contribution in [2.45, 2.75) is 65.0 Å². The summed E-state index contributed by atoms with van der Waals surface area (Å²) in [5, 5.41) is 6.79. The maximum atomic E-state index is 5.72. The highest BCUT2D eigenvalue weighted by Crippen LogP contribution is 2.18. The van der Waals surface area contributed by atoms with Crippen LogP contribution in [0.15, 0.2) is 4.99 Å². The zero-order chi connectivity index (χ0) is 18.6. The van der Waals surface area contributed by atoms with Gasteiger partial charge in [0.15, 0.2) is 5.96 Å². The Hall–Kier alpha value is -0.120. The number of rotatable bonds is 10. The molecule has 7 heteroatoms. The maximum absolute atomic E-state index is 5.72. The van der Waals surface area contributed by atoms with E-state index < -0.39 is 0 Å². The summed E-state index contributed by atoms with van der Waals surface area (Å²) < 4.78 is 11.3. The Morgan fingerprint density at radius 1 is 1.26 bits per heavy atom. The lowest BCUT2D eigenvalue weighted by molar-refractivity contribution is 0.0168. The largest absolute Gasteiger partial charge is 0.379 e. The Morgan fingerprint density at radius 2 is 2.11 bits per heavy atom. The van der Waals surface area contributed by atoms with Crippen molar-refractivity contribution >= 4 is 29.9 Å². The van der Waals surface area contributed by atoms with Gasteiger partial charge in [-0.3, -0.25) is 4.99 Å². The molecule has 0 saturated carbocycles. The van der Waals surface area contributed by atoms with Crippen molar-refractivity contribution in [2.75, 3.05) is 52.5 Å².